The molecule has 0 aliphatic carbocycles. The number of quaternary nitrogens is 1. The van der Waals surface area contributed by atoms with Crippen LogP contribution in [-0.2, 0) is 9.53 Å². The number of carbonyl (C=O) groups excluding carboxylic acids is 1. The third-order valence-corrected chi connectivity index (χ3v) is 3.96. The van der Waals surface area contributed by atoms with E-state index in [-0.39, 0.29) is 18.1 Å². The zero-order chi connectivity index (χ0) is 16.8. The molecule has 0 spiro atoms. The number of hydrogen-bond donors (Lipinski definition) is 2. The van der Waals surface area contributed by atoms with Crippen molar-refractivity contribution in [2.75, 3.05) is 39.2 Å². The van der Waals surface area contributed by atoms with Gasteiger partial charge < -0.3 is 24.4 Å². The fraction of sp³-hybridized carbons (Fsp3) is 0.588. The number of rotatable bonds is 6. The number of carbonyl (C=O) groups is 1. The van der Waals surface area contributed by atoms with Gasteiger partial charge in [0.2, 0.25) is 5.91 Å². The number of benzene rings is 1. The predicted octanol–water partition coefficient (Wildman–Crippen LogP) is 0.725. The van der Waals surface area contributed by atoms with E-state index in [0.29, 0.717) is 23.6 Å². The van der Waals surface area contributed by atoms with Crippen LogP contribution >= 0.6 is 0 Å². The highest BCUT2D eigenvalue weighted by Crippen LogP contribution is 2.25. The number of anilines is 1. The quantitative estimate of drug-likeness (QED) is 0.810. The van der Waals surface area contributed by atoms with Crippen molar-refractivity contribution in [1.29, 1.82) is 0 Å². The Balaban J connectivity index is 1.87. The van der Waals surface area contributed by atoms with Crippen LogP contribution in [0, 0.1) is 0 Å². The summed E-state index contributed by atoms with van der Waals surface area (Å²) in [5.41, 5.74) is 0.685. The number of amides is 1. The van der Waals surface area contributed by atoms with Gasteiger partial charge in [0.25, 0.3) is 0 Å². The van der Waals surface area contributed by atoms with Gasteiger partial charge in [-0.2, -0.15) is 0 Å². The summed E-state index contributed by atoms with van der Waals surface area (Å²) in [6.07, 6.45) is 0.979. The summed E-state index contributed by atoms with van der Waals surface area (Å²) in [7, 11) is 3.18. The fourth-order valence-electron chi connectivity index (χ4n) is 2.99. The number of morpholine rings is 1. The first kappa shape index (κ1) is 17.6. The van der Waals surface area contributed by atoms with E-state index in [2.05, 4.69) is 19.2 Å². The van der Waals surface area contributed by atoms with Crippen molar-refractivity contribution in [1.82, 2.24) is 0 Å². The van der Waals surface area contributed by atoms with Gasteiger partial charge in [-0.05, 0) is 13.8 Å². The third kappa shape index (κ3) is 5.41. The SMILES string of the molecule is COc1cc(NC(=O)CC[NH+]2C[C@@H](C)O[C@@H](C)C2)cc(OC)c1. The lowest BCUT2D eigenvalue weighted by Crippen LogP contribution is -3.15. The molecule has 128 valence electrons. The molecule has 1 aromatic rings. The van der Waals surface area contributed by atoms with Crippen molar-refractivity contribution in [3.05, 3.63) is 18.2 Å². The number of nitrogens with one attached hydrogen (secondary N) is 2. The van der Waals surface area contributed by atoms with Crippen molar-refractivity contribution in [3.8, 4) is 11.5 Å². The van der Waals surface area contributed by atoms with Crippen LogP contribution in [0.2, 0.25) is 0 Å². The zero-order valence-electron chi connectivity index (χ0n) is 14.3. The van der Waals surface area contributed by atoms with Crippen molar-refractivity contribution in [2.24, 2.45) is 0 Å². The summed E-state index contributed by atoms with van der Waals surface area (Å²) >= 11 is 0. The van der Waals surface area contributed by atoms with Gasteiger partial charge in [-0.15, -0.1) is 0 Å². The van der Waals surface area contributed by atoms with E-state index < -0.39 is 0 Å². The first-order chi connectivity index (χ1) is 11.0. The van der Waals surface area contributed by atoms with E-state index in [9.17, 15) is 4.79 Å². The highest BCUT2D eigenvalue weighted by molar-refractivity contribution is 5.91. The van der Waals surface area contributed by atoms with Gasteiger partial charge in [0.15, 0.2) is 0 Å². The van der Waals surface area contributed by atoms with Gasteiger partial charge in [-0.1, -0.05) is 0 Å². The van der Waals surface area contributed by atoms with Crippen molar-refractivity contribution < 1.29 is 23.9 Å². The molecule has 2 N–H and O–H groups in total. The predicted molar refractivity (Wildman–Crippen MR) is 88.4 cm³/mol. The summed E-state index contributed by atoms with van der Waals surface area (Å²) in [5, 5.41) is 2.91. The molecule has 0 bridgehead atoms. The van der Waals surface area contributed by atoms with Crippen molar-refractivity contribution >= 4 is 11.6 Å². The smallest absolute Gasteiger partial charge is 0.230 e. The average Bonchev–Trinajstić information content (AvgIpc) is 2.51. The van der Waals surface area contributed by atoms with Crippen LogP contribution in [0.15, 0.2) is 18.2 Å². The highest BCUT2D eigenvalue weighted by atomic mass is 16.5. The molecule has 0 radical (unpaired) electrons. The average molecular weight is 323 g/mol. The number of methoxy groups -OCH3 is 2. The van der Waals surface area contributed by atoms with Gasteiger partial charge >= 0.3 is 0 Å². The number of hydrogen-bond acceptors (Lipinski definition) is 4. The van der Waals surface area contributed by atoms with E-state index in [0.717, 1.165) is 19.6 Å². The van der Waals surface area contributed by atoms with E-state index in [1.165, 1.54) is 4.90 Å². The molecule has 1 unspecified atom stereocenters. The number of ether oxygens (including phenoxy) is 3. The summed E-state index contributed by atoms with van der Waals surface area (Å²) in [4.78, 5) is 13.6. The van der Waals surface area contributed by atoms with Crippen LogP contribution in [0.3, 0.4) is 0 Å². The maximum Gasteiger partial charge on any atom is 0.230 e. The van der Waals surface area contributed by atoms with E-state index in [4.69, 9.17) is 14.2 Å². The van der Waals surface area contributed by atoms with Gasteiger partial charge in [-0.25, -0.2) is 0 Å². The summed E-state index contributed by atoms with van der Waals surface area (Å²) in [6, 6.07) is 5.34. The molecule has 0 saturated carbocycles. The molecular formula is C17H27N2O4+. The molecule has 2 rings (SSSR count). The second-order valence-corrected chi connectivity index (χ2v) is 6.07. The lowest BCUT2D eigenvalue weighted by atomic mass is 10.2. The Labute approximate surface area is 137 Å². The monoisotopic (exact) mass is 323 g/mol. The van der Waals surface area contributed by atoms with Crippen LogP contribution in [0.4, 0.5) is 5.69 Å². The minimum absolute atomic E-state index is 0.000367. The largest absolute Gasteiger partial charge is 0.497 e. The molecule has 23 heavy (non-hydrogen) atoms. The molecule has 6 heteroatoms. The standard InChI is InChI=1S/C17H26N2O4/c1-12-10-19(11-13(2)23-12)6-5-17(20)18-14-7-15(21-3)9-16(8-14)22-4/h7-9,12-13H,5-6,10-11H2,1-4H3,(H,18,20)/p+1/t12-,13+. The molecule has 1 saturated heterocycles. The summed E-state index contributed by atoms with van der Waals surface area (Å²) in [5.74, 6) is 1.31. The normalized spacial score (nSPS) is 24.1. The lowest BCUT2D eigenvalue weighted by molar-refractivity contribution is -0.914. The molecule has 6 nitrogen and oxygen atoms in total. The summed E-state index contributed by atoms with van der Waals surface area (Å²) < 4.78 is 16.1. The first-order valence-corrected chi connectivity index (χ1v) is 8.02. The Kier molecular flexibility index (Phi) is 6.24. The minimum Gasteiger partial charge on any atom is -0.497 e. The van der Waals surface area contributed by atoms with Crippen LogP contribution in [0.5, 0.6) is 11.5 Å². The maximum atomic E-state index is 12.2. The lowest BCUT2D eigenvalue weighted by Gasteiger charge is -2.32. The van der Waals surface area contributed by atoms with Crippen LogP contribution < -0.4 is 19.7 Å². The Morgan fingerprint density at radius 3 is 2.26 bits per heavy atom. The summed E-state index contributed by atoms with van der Waals surface area (Å²) in [6.45, 7) is 6.87. The van der Waals surface area contributed by atoms with Crippen molar-refractivity contribution in [2.45, 2.75) is 32.5 Å². The fourth-order valence-corrected chi connectivity index (χ4v) is 2.99. The van der Waals surface area contributed by atoms with E-state index in [1.54, 1.807) is 32.4 Å². The Bertz CT molecular complexity index is 503. The van der Waals surface area contributed by atoms with Gasteiger partial charge in [0.1, 0.15) is 36.8 Å². The van der Waals surface area contributed by atoms with E-state index >= 15 is 0 Å². The van der Waals surface area contributed by atoms with Gasteiger partial charge in [0.05, 0.1) is 27.2 Å². The van der Waals surface area contributed by atoms with Gasteiger partial charge in [0, 0.05) is 23.9 Å². The van der Waals surface area contributed by atoms with Crippen molar-refractivity contribution in [3.63, 3.8) is 0 Å². The molecular weight excluding hydrogens is 296 g/mol. The highest BCUT2D eigenvalue weighted by Gasteiger charge is 2.25. The Morgan fingerprint density at radius 2 is 1.74 bits per heavy atom. The maximum absolute atomic E-state index is 12.2. The molecule has 1 aliphatic rings. The molecule has 3 atom stereocenters. The second kappa shape index (κ2) is 8.17. The van der Waals surface area contributed by atoms with Crippen LogP contribution in [0.25, 0.3) is 0 Å². The molecule has 1 amide bonds. The second-order valence-electron chi connectivity index (χ2n) is 6.07. The molecule has 1 heterocycles. The minimum atomic E-state index is -0.000367. The zero-order valence-corrected chi connectivity index (χ0v) is 14.3. The molecule has 1 aromatic carbocycles. The molecule has 0 aromatic heterocycles. The first-order valence-electron chi connectivity index (χ1n) is 8.02. The molecule has 1 aliphatic heterocycles. The van der Waals surface area contributed by atoms with Crippen LogP contribution in [-0.4, -0.2) is 52.0 Å². The van der Waals surface area contributed by atoms with Gasteiger partial charge in [-0.3, -0.25) is 4.79 Å². The Morgan fingerprint density at radius 1 is 1.17 bits per heavy atom. The molecule has 1 fully saturated rings. The topological polar surface area (TPSA) is 61.2 Å². The Hall–Kier alpha value is -1.79. The van der Waals surface area contributed by atoms with E-state index in [1.807, 2.05) is 0 Å². The van der Waals surface area contributed by atoms with Crippen LogP contribution in [0.1, 0.15) is 20.3 Å². The third-order valence-electron chi connectivity index (χ3n) is 3.96.